The summed E-state index contributed by atoms with van der Waals surface area (Å²) < 4.78 is 27.4. The van der Waals surface area contributed by atoms with Crippen LogP contribution in [-0.4, -0.2) is 50.7 Å². The van der Waals surface area contributed by atoms with Crippen LogP contribution in [0.25, 0.3) is 6.08 Å². The van der Waals surface area contributed by atoms with E-state index in [4.69, 9.17) is 4.74 Å². The number of nitrogens with one attached hydrogen (secondary N) is 1. The summed E-state index contributed by atoms with van der Waals surface area (Å²) in [5.41, 5.74) is 0.852. The molecule has 1 aromatic rings. The van der Waals surface area contributed by atoms with Crippen LogP contribution in [0.15, 0.2) is 35.2 Å². The molecule has 0 radical (unpaired) electrons. The minimum Gasteiger partial charge on any atom is -0.452 e. The lowest BCUT2D eigenvalue weighted by Gasteiger charge is -2.10. The van der Waals surface area contributed by atoms with Gasteiger partial charge in [-0.1, -0.05) is 12.1 Å². The van der Waals surface area contributed by atoms with Gasteiger partial charge in [-0.05, 0) is 36.4 Å². The predicted octanol–water partition coefficient (Wildman–Crippen LogP) is 1.27. The molecular weight excluding hydrogens is 350 g/mol. The van der Waals surface area contributed by atoms with E-state index in [2.05, 4.69) is 5.32 Å². The minimum absolute atomic E-state index is 0.0569. The summed E-state index contributed by atoms with van der Waals surface area (Å²) in [6, 6.07) is 7.25. The molecule has 1 heterocycles. The number of ether oxygens (including phenoxy) is 1. The molecule has 1 saturated heterocycles. The maximum Gasteiger partial charge on any atom is 0.331 e. The second-order valence-corrected chi connectivity index (χ2v) is 8.49. The van der Waals surface area contributed by atoms with Gasteiger partial charge in [0, 0.05) is 17.0 Å². The van der Waals surface area contributed by atoms with Crippen LogP contribution in [0.5, 0.6) is 0 Å². The Kier molecular flexibility index (Phi) is 6.44. The molecule has 0 saturated carbocycles. The lowest BCUT2D eigenvalue weighted by atomic mass is 10.2. The van der Waals surface area contributed by atoms with Gasteiger partial charge in [0.2, 0.25) is 0 Å². The minimum atomic E-state index is -3.05. The molecular formula is C16H19NO5S2. The second-order valence-electron chi connectivity index (χ2n) is 5.38. The highest BCUT2D eigenvalue weighted by Crippen LogP contribution is 2.15. The quantitative estimate of drug-likeness (QED) is 0.461. The van der Waals surface area contributed by atoms with E-state index < -0.39 is 34.4 Å². The molecule has 130 valence electrons. The monoisotopic (exact) mass is 369 g/mol. The molecule has 1 aliphatic heterocycles. The van der Waals surface area contributed by atoms with Crippen molar-refractivity contribution in [3.05, 3.63) is 35.9 Å². The summed E-state index contributed by atoms with van der Waals surface area (Å²) in [5.74, 6) is -1.10. The van der Waals surface area contributed by atoms with Crippen molar-refractivity contribution in [1.29, 1.82) is 0 Å². The van der Waals surface area contributed by atoms with Crippen molar-refractivity contribution in [2.24, 2.45) is 0 Å². The summed E-state index contributed by atoms with van der Waals surface area (Å²) in [6.07, 6.45) is 5.23. The van der Waals surface area contributed by atoms with Crippen molar-refractivity contribution < 1.29 is 22.7 Å². The number of esters is 1. The van der Waals surface area contributed by atoms with Crippen molar-refractivity contribution in [3.63, 3.8) is 0 Å². The largest absolute Gasteiger partial charge is 0.452 e. The van der Waals surface area contributed by atoms with Gasteiger partial charge in [0.1, 0.15) is 0 Å². The molecule has 1 fully saturated rings. The smallest absolute Gasteiger partial charge is 0.331 e. The van der Waals surface area contributed by atoms with E-state index in [9.17, 15) is 18.0 Å². The molecule has 0 bridgehead atoms. The van der Waals surface area contributed by atoms with Gasteiger partial charge in [-0.25, -0.2) is 13.2 Å². The number of carbonyl (C=O) groups is 2. The lowest BCUT2D eigenvalue weighted by molar-refractivity contribution is -0.143. The van der Waals surface area contributed by atoms with Gasteiger partial charge in [-0.2, -0.15) is 0 Å². The third kappa shape index (κ3) is 6.01. The van der Waals surface area contributed by atoms with Crippen LogP contribution >= 0.6 is 11.8 Å². The first kappa shape index (κ1) is 18.5. The molecule has 0 aromatic heterocycles. The molecule has 8 heteroatoms. The first-order valence-electron chi connectivity index (χ1n) is 7.36. The molecule has 6 nitrogen and oxygen atoms in total. The van der Waals surface area contributed by atoms with Gasteiger partial charge >= 0.3 is 5.97 Å². The van der Waals surface area contributed by atoms with E-state index in [0.29, 0.717) is 6.42 Å². The Morgan fingerprint density at radius 3 is 2.62 bits per heavy atom. The third-order valence-electron chi connectivity index (χ3n) is 3.47. The van der Waals surface area contributed by atoms with Crippen molar-refractivity contribution in [2.75, 3.05) is 24.4 Å². The van der Waals surface area contributed by atoms with Crippen molar-refractivity contribution in [2.45, 2.75) is 17.4 Å². The van der Waals surface area contributed by atoms with E-state index in [1.807, 2.05) is 30.5 Å². The molecule has 1 aromatic carbocycles. The van der Waals surface area contributed by atoms with Gasteiger partial charge in [-0.3, -0.25) is 4.79 Å². The van der Waals surface area contributed by atoms with Crippen LogP contribution in [-0.2, 0) is 24.2 Å². The number of amides is 1. The van der Waals surface area contributed by atoms with Crippen LogP contribution in [0.1, 0.15) is 12.0 Å². The summed E-state index contributed by atoms with van der Waals surface area (Å²) in [5, 5.41) is 2.55. The Labute approximate surface area is 145 Å². The van der Waals surface area contributed by atoms with Crippen LogP contribution < -0.4 is 5.32 Å². The zero-order chi connectivity index (χ0) is 17.6. The van der Waals surface area contributed by atoms with E-state index >= 15 is 0 Å². The zero-order valence-corrected chi connectivity index (χ0v) is 14.9. The Bertz CT molecular complexity index is 725. The summed E-state index contributed by atoms with van der Waals surface area (Å²) in [7, 11) is -3.05. The number of benzene rings is 1. The average molecular weight is 369 g/mol. The van der Waals surface area contributed by atoms with Crippen LogP contribution in [0, 0.1) is 0 Å². The molecule has 1 atom stereocenters. The highest BCUT2D eigenvalue weighted by molar-refractivity contribution is 7.98. The van der Waals surface area contributed by atoms with E-state index in [0.717, 1.165) is 10.5 Å². The Hall–Kier alpha value is -1.80. The number of hydrogen-bond acceptors (Lipinski definition) is 6. The molecule has 2 rings (SSSR count). The highest BCUT2D eigenvalue weighted by atomic mass is 32.2. The van der Waals surface area contributed by atoms with Gasteiger partial charge in [0.25, 0.3) is 5.91 Å². The number of thioether (sulfide) groups is 1. The predicted molar refractivity (Wildman–Crippen MR) is 93.4 cm³/mol. The highest BCUT2D eigenvalue weighted by Gasteiger charge is 2.28. The SMILES string of the molecule is CSc1ccc(/C=C/C(=O)OCC(=O)NC2CCS(=O)(=O)C2)cc1. The Morgan fingerprint density at radius 1 is 1.33 bits per heavy atom. The van der Waals surface area contributed by atoms with Gasteiger partial charge in [-0.15, -0.1) is 11.8 Å². The molecule has 24 heavy (non-hydrogen) atoms. The lowest BCUT2D eigenvalue weighted by Crippen LogP contribution is -2.38. The normalized spacial score (nSPS) is 19.3. The van der Waals surface area contributed by atoms with Crippen LogP contribution in [0.2, 0.25) is 0 Å². The summed E-state index contributed by atoms with van der Waals surface area (Å²) in [6.45, 7) is -0.425. The number of rotatable bonds is 6. The van der Waals surface area contributed by atoms with Gasteiger partial charge in [0.15, 0.2) is 16.4 Å². The third-order valence-corrected chi connectivity index (χ3v) is 5.98. The Balaban J connectivity index is 1.74. The number of carbonyl (C=O) groups excluding carboxylic acids is 2. The molecule has 1 N–H and O–H groups in total. The fraction of sp³-hybridized carbons (Fsp3) is 0.375. The van der Waals surface area contributed by atoms with Gasteiger partial charge < -0.3 is 10.1 Å². The van der Waals surface area contributed by atoms with E-state index in [1.165, 1.54) is 6.08 Å². The maximum atomic E-state index is 11.6. The van der Waals surface area contributed by atoms with Crippen molar-refractivity contribution in [1.82, 2.24) is 5.32 Å². The summed E-state index contributed by atoms with van der Waals surface area (Å²) >= 11 is 1.63. The fourth-order valence-electron chi connectivity index (χ4n) is 2.24. The maximum absolute atomic E-state index is 11.6. The number of sulfone groups is 1. The second kappa shape index (κ2) is 8.34. The molecule has 0 spiro atoms. The van der Waals surface area contributed by atoms with Crippen molar-refractivity contribution >= 4 is 39.6 Å². The molecule has 1 aliphatic rings. The van der Waals surface area contributed by atoms with Crippen LogP contribution in [0.4, 0.5) is 0 Å². The van der Waals surface area contributed by atoms with Gasteiger partial charge in [0.05, 0.1) is 11.5 Å². The number of hydrogen-bond donors (Lipinski definition) is 1. The van der Waals surface area contributed by atoms with E-state index in [-0.39, 0.29) is 11.5 Å². The van der Waals surface area contributed by atoms with E-state index in [1.54, 1.807) is 17.8 Å². The summed E-state index contributed by atoms with van der Waals surface area (Å²) in [4.78, 5) is 24.4. The topological polar surface area (TPSA) is 89.5 Å². The van der Waals surface area contributed by atoms with Crippen LogP contribution in [0.3, 0.4) is 0 Å². The fourth-order valence-corrected chi connectivity index (χ4v) is 4.32. The standard InChI is InChI=1S/C16H19NO5S2/c1-23-14-5-2-12(3-6-14)4-7-16(19)22-10-15(18)17-13-8-9-24(20,21)11-13/h2-7,13H,8-11H2,1H3,(H,17,18)/b7-4+. The molecule has 0 aliphatic carbocycles. The first-order valence-corrected chi connectivity index (χ1v) is 10.4. The zero-order valence-electron chi connectivity index (χ0n) is 13.2. The van der Waals surface area contributed by atoms with Crippen molar-refractivity contribution in [3.8, 4) is 0 Å². The molecule has 1 unspecified atom stereocenters. The molecule has 1 amide bonds. The average Bonchev–Trinajstić information content (AvgIpc) is 2.90. The Morgan fingerprint density at radius 2 is 2.04 bits per heavy atom. The first-order chi connectivity index (χ1) is 11.4.